The molecule has 0 spiro atoms. The van der Waals surface area contributed by atoms with Gasteiger partial charge in [0.15, 0.2) is 0 Å². The van der Waals surface area contributed by atoms with Crippen LogP contribution < -0.4 is 11.1 Å². The molecule has 2 aliphatic rings. The molecule has 3 amide bonds. The topological polar surface area (TPSA) is 316 Å². The van der Waals surface area contributed by atoms with Crippen molar-refractivity contribution in [2.45, 2.75) is 35.3 Å². The molecule has 2 atom stereocenters. The third-order valence-corrected chi connectivity index (χ3v) is 12.5. The smallest absolute Gasteiger partial charge is 0.428 e. The Bertz CT molecular complexity index is 1280. The first kappa shape index (κ1) is 38.4. The Morgan fingerprint density at radius 3 is 2.09 bits per heavy atom. The quantitative estimate of drug-likeness (QED) is 0.0158. The number of carbonyl (C=O) groups excluding carboxylic acids is 3. The number of aliphatic hydroxyl groups is 1. The lowest BCUT2D eigenvalue weighted by molar-refractivity contribution is -0.264. The Labute approximate surface area is 257 Å². The zero-order chi connectivity index (χ0) is 34.1. The van der Waals surface area contributed by atoms with Crippen LogP contribution in [0.4, 0.5) is 4.79 Å². The van der Waals surface area contributed by atoms with Crippen LogP contribution in [0.2, 0.25) is 0 Å². The Hall–Kier alpha value is -2.82. The van der Waals surface area contributed by atoms with Gasteiger partial charge in [-0.25, -0.2) is 29.1 Å². The Balaban J connectivity index is 2.24. The Morgan fingerprint density at radius 2 is 1.64 bits per heavy atom. The van der Waals surface area contributed by atoms with E-state index in [4.69, 9.17) is 11.3 Å². The van der Waals surface area contributed by atoms with Gasteiger partial charge >= 0.3 is 27.3 Å². The lowest BCUT2D eigenvalue weighted by Gasteiger charge is -2.53. The monoisotopic (exact) mass is 708 g/mol. The first-order chi connectivity index (χ1) is 21.2. The lowest BCUT2D eigenvalue weighted by Crippen LogP contribution is -2.77. The van der Waals surface area contributed by atoms with Crippen LogP contribution in [0.15, 0.2) is 16.4 Å². The van der Waals surface area contributed by atoms with Gasteiger partial charge in [-0.15, -0.1) is 30.5 Å². The van der Waals surface area contributed by atoms with Crippen molar-refractivity contribution in [3.63, 3.8) is 0 Å². The third kappa shape index (κ3) is 7.44. The first-order valence-electron chi connectivity index (χ1n) is 12.2. The van der Waals surface area contributed by atoms with Crippen molar-refractivity contribution >= 4 is 50.8 Å². The number of rotatable bonds is 20. The second-order valence-electron chi connectivity index (χ2n) is 8.61. The van der Waals surface area contributed by atoms with Gasteiger partial charge in [-0.05, 0) is 18.4 Å². The lowest BCUT2D eigenvalue weighted by atomic mass is 9.86. The molecule has 26 heteroatoms. The fourth-order valence-electron chi connectivity index (χ4n) is 4.19. The molecule has 1 saturated heterocycles. The SMILES string of the molecule is COOP(=O)(OOC)C(O)(CCCCNC(=O)C1(N=[N+]=[N-])C(=O)N2C(C(=O)O)=C(COC(N)=O)CS[C@@H]21)P(=O)(OOC)OOC. The van der Waals surface area contributed by atoms with E-state index in [9.17, 15) is 38.5 Å². The van der Waals surface area contributed by atoms with Gasteiger partial charge in [0.25, 0.3) is 11.0 Å². The van der Waals surface area contributed by atoms with Crippen LogP contribution in [-0.2, 0) is 66.5 Å². The molecule has 0 bridgehead atoms. The van der Waals surface area contributed by atoms with E-state index in [2.05, 4.69) is 58.3 Å². The summed E-state index contributed by atoms with van der Waals surface area (Å²) in [5, 5.41) is 22.3. The maximum absolute atomic E-state index is 13.4. The van der Waals surface area contributed by atoms with Crippen LogP contribution >= 0.6 is 27.0 Å². The normalized spacial score (nSPS) is 20.2. The number of aliphatic carboxylic acids is 1. The number of fused-ring (bicyclic) bond motifs is 1. The average molecular weight is 708 g/mol. The number of unbranched alkanes of at least 4 members (excludes halogenated alkanes) is 1. The molecule has 0 saturated carbocycles. The highest BCUT2D eigenvalue weighted by Gasteiger charge is 2.69. The molecule has 0 aromatic rings. The number of amides is 3. The molecule has 0 aromatic heterocycles. The van der Waals surface area contributed by atoms with E-state index < -0.39 is 73.8 Å². The van der Waals surface area contributed by atoms with Gasteiger partial charge in [-0.3, -0.25) is 23.6 Å². The van der Waals surface area contributed by atoms with Crippen LogP contribution in [0.5, 0.6) is 0 Å². The van der Waals surface area contributed by atoms with Crippen LogP contribution in [0.1, 0.15) is 19.3 Å². The van der Waals surface area contributed by atoms with Gasteiger partial charge in [0.2, 0.25) is 11.4 Å². The van der Waals surface area contributed by atoms with E-state index in [1.807, 2.05) is 0 Å². The summed E-state index contributed by atoms with van der Waals surface area (Å²) in [6, 6.07) is 0. The number of thioether (sulfide) groups is 1. The van der Waals surface area contributed by atoms with Crippen molar-refractivity contribution in [2.75, 3.05) is 47.3 Å². The molecule has 23 nitrogen and oxygen atoms in total. The summed E-state index contributed by atoms with van der Waals surface area (Å²) in [6.45, 7) is -0.828. The molecule has 2 rings (SSSR count). The second kappa shape index (κ2) is 16.1. The third-order valence-electron chi connectivity index (χ3n) is 6.06. The summed E-state index contributed by atoms with van der Waals surface area (Å²) >= 11 is 0.872. The number of carboxylic acids is 1. The number of primary amides is 1. The number of carboxylic acid groups (broad SMARTS) is 1. The summed E-state index contributed by atoms with van der Waals surface area (Å²) in [7, 11) is -6.69. The minimum absolute atomic E-state index is 0.0118. The highest BCUT2D eigenvalue weighted by Crippen LogP contribution is 2.78. The number of nitrogens with two attached hydrogens (primary N) is 1. The van der Waals surface area contributed by atoms with Gasteiger partial charge in [-0.1, -0.05) is 5.11 Å². The number of β-lactam (4-membered cyclic amide) rings is 1. The van der Waals surface area contributed by atoms with E-state index in [1.54, 1.807) is 0 Å². The van der Waals surface area contributed by atoms with Gasteiger partial charge < -0.3 is 26.0 Å². The standard InChI is InChI=1S/C19H30N6O17P2S/c1-34-39-43(32,40-35-2)18(31,44(33,41-36-3)42-37-4)7-5-6-8-22-14(28)19(23-24-21)15(29)25-12(13(26)27)11(9-38-17(20)30)10-45-16(19)25/h16,31H,5-10H2,1-4H3,(H2,20,30)(H,22,28)(H,26,27)/t16-,19?/m1/s1. The van der Waals surface area contributed by atoms with Gasteiger partial charge in [-0.2, -0.15) is 0 Å². The number of carbonyl (C=O) groups is 4. The highest BCUT2D eigenvalue weighted by atomic mass is 32.2. The Morgan fingerprint density at radius 1 is 1.11 bits per heavy atom. The molecule has 254 valence electrons. The fourth-order valence-corrected chi connectivity index (χ4v) is 9.39. The first-order valence-corrected chi connectivity index (χ1v) is 16.3. The van der Waals surface area contributed by atoms with E-state index in [0.717, 1.165) is 45.1 Å². The van der Waals surface area contributed by atoms with Crippen molar-refractivity contribution in [1.29, 1.82) is 0 Å². The highest BCUT2D eigenvalue weighted by molar-refractivity contribution is 8.00. The number of ether oxygens (including phenoxy) is 1. The van der Waals surface area contributed by atoms with Crippen molar-refractivity contribution < 1.29 is 81.5 Å². The van der Waals surface area contributed by atoms with Crippen LogP contribution in [-0.4, -0.2) is 102 Å². The van der Waals surface area contributed by atoms with Crippen molar-refractivity contribution in [3.05, 3.63) is 21.7 Å². The summed E-state index contributed by atoms with van der Waals surface area (Å²) < 4.78 is 49.6. The minimum atomic E-state index is -5.12. The molecule has 5 N–H and O–H groups in total. The van der Waals surface area contributed by atoms with Gasteiger partial charge in [0.1, 0.15) is 17.7 Å². The number of hydrogen-bond donors (Lipinski definition) is 4. The maximum atomic E-state index is 13.4. The predicted octanol–water partition coefficient (Wildman–Crippen LogP) is 1.02. The number of nitrogens with zero attached hydrogens (tertiary/aromatic N) is 4. The molecule has 0 aromatic carbocycles. The summed E-state index contributed by atoms with van der Waals surface area (Å²) in [5.41, 5.74) is 11.1. The molecule has 45 heavy (non-hydrogen) atoms. The molecular weight excluding hydrogens is 678 g/mol. The van der Waals surface area contributed by atoms with E-state index in [0.29, 0.717) is 0 Å². The number of azide groups is 1. The molecule has 0 aliphatic carbocycles. The van der Waals surface area contributed by atoms with Crippen LogP contribution in [0, 0.1) is 0 Å². The number of nitrogens with one attached hydrogen (secondary N) is 1. The van der Waals surface area contributed by atoms with E-state index in [1.165, 1.54) is 0 Å². The zero-order valence-electron chi connectivity index (χ0n) is 24.0. The fraction of sp³-hybridized carbons (Fsp3) is 0.684. The largest absolute Gasteiger partial charge is 0.477 e. The molecule has 2 aliphatic heterocycles. The predicted molar refractivity (Wildman–Crippen MR) is 145 cm³/mol. The molecule has 2 heterocycles. The van der Waals surface area contributed by atoms with E-state index >= 15 is 0 Å². The molecule has 1 unspecified atom stereocenters. The van der Waals surface area contributed by atoms with Crippen molar-refractivity contribution in [3.8, 4) is 0 Å². The summed E-state index contributed by atoms with van der Waals surface area (Å²) in [6.07, 6.45) is -2.33. The van der Waals surface area contributed by atoms with E-state index in [-0.39, 0.29) is 30.7 Å². The maximum Gasteiger partial charge on any atom is 0.428 e. The van der Waals surface area contributed by atoms with Gasteiger partial charge in [0, 0.05) is 29.2 Å². The summed E-state index contributed by atoms with van der Waals surface area (Å²) in [4.78, 5) is 70.1. The second-order valence-corrected chi connectivity index (χ2v) is 14.1. The van der Waals surface area contributed by atoms with Crippen LogP contribution in [0.3, 0.4) is 0 Å². The zero-order valence-corrected chi connectivity index (χ0v) is 26.6. The van der Waals surface area contributed by atoms with Gasteiger partial charge in [0.05, 0.1) is 28.4 Å². The Kier molecular flexibility index (Phi) is 13.8. The molecular formula is C19H30N6O17P2S. The van der Waals surface area contributed by atoms with Crippen molar-refractivity contribution in [1.82, 2.24) is 10.2 Å². The summed E-state index contributed by atoms with van der Waals surface area (Å²) in [5.74, 6) is -3.96. The van der Waals surface area contributed by atoms with Crippen molar-refractivity contribution in [2.24, 2.45) is 10.8 Å². The minimum Gasteiger partial charge on any atom is -0.477 e. The number of hydrogen-bond acceptors (Lipinski definition) is 18. The molecule has 1 fully saturated rings. The van der Waals surface area contributed by atoms with Crippen LogP contribution in [0.25, 0.3) is 10.4 Å². The average Bonchev–Trinajstić information content (AvgIpc) is 2.97. The molecule has 0 radical (unpaired) electrons.